The maximum atomic E-state index is 13.3. The monoisotopic (exact) mass is 501 g/mol. The summed E-state index contributed by atoms with van der Waals surface area (Å²) in [6, 6.07) is 11.5. The predicted octanol–water partition coefficient (Wildman–Crippen LogP) is 3.04. The van der Waals surface area contributed by atoms with Gasteiger partial charge >= 0.3 is 0 Å². The molecule has 2 N–H and O–H groups in total. The molecule has 1 amide bonds. The highest BCUT2D eigenvalue weighted by molar-refractivity contribution is 7.92. The molecule has 0 bridgehead atoms. The van der Waals surface area contributed by atoms with Gasteiger partial charge in [0.2, 0.25) is 5.43 Å². The lowest BCUT2D eigenvalue weighted by Crippen LogP contribution is -2.37. The van der Waals surface area contributed by atoms with Crippen LogP contribution in [0.5, 0.6) is 0 Å². The Morgan fingerprint density at radius 3 is 2.31 bits per heavy atom. The summed E-state index contributed by atoms with van der Waals surface area (Å²) in [6.07, 6.45) is 1.52. The number of aromatic amines is 1. The molecule has 0 aliphatic heterocycles. The van der Waals surface area contributed by atoms with Gasteiger partial charge in [-0.3, -0.25) is 13.9 Å². The number of aryl methyl sites for hydroxylation is 1. The van der Waals surface area contributed by atoms with E-state index in [0.717, 1.165) is 12.0 Å². The number of hydrogen-bond acceptors (Lipinski definition) is 6. The molecule has 2 aromatic carbocycles. The van der Waals surface area contributed by atoms with Crippen molar-refractivity contribution in [2.45, 2.75) is 38.4 Å². The van der Waals surface area contributed by atoms with E-state index in [0.29, 0.717) is 24.4 Å². The molecule has 0 saturated carbocycles. The van der Waals surface area contributed by atoms with Crippen molar-refractivity contribution in [3.63, 3.8) is 0 Å². The van der Waals surface area contributed by atoms with Crippen molar-refractivity contribution in [3.8, 4) is 0 Å². The van der Waals surface area contributed by atoms with Gasteiger partial charge in [-0.25, -0.2) is 8.42 Å². The van der Waals surface area contributed by atoms with Crippen LogP contribution in [0.25, 0.3) is 10.9 Å². The predicted molar refractivity (Wildman–Crippen MR) is 135 cm³/mol. The second kappa shape index (κ2) is 11.5. The van der Waals surface area contributed by atoms with Crippen LogP contribution in [0.4, 0.5) is 5.69 Å². The third-order valence-corrected chi connectivity index (χ3v) is 7.38. The Balaban J connectivity index is 1.90. The molecule has 0 spiro atoms. The molecule has 0 aliphatic rings. The number of rotatable bonds is 11. The average molecular weight is 502 g/mol. The minimum Gasteiger partial charge on any atom is -0.360 e. The molecular formula is C25H31N3O6S. The SMILES string of the molecule is CCOC(CNC(=O)c1c[nH]c2ccc(S(=O)(=O)N(C)c3ccc(CC)cc3)cc2c1=O)OCC. The van der Waals surface area contributed by atoms with E-state index in [1.54, 1.807) is 12.1 Å². The van der Waals surface area contributed by atoms with Gasteiger partial charge in [0, 0.05) is 37.4 Å². The first-order chi connectivity index (χ1) is 16.7. The van der Waals surface area contributed by atoms with Gasteiger partial charge < -0.3 is 19.8 Å². The lowest BCUT2D eigenvalue weighted by Gasteiger charge is -2.20. The molecule has 0 saturated heterocycles. The molecule has 10 heteroatoms. The molecule has 1 heterocycles. The summed E-state index contributed by atoms with van der Waals surface area (Å²) in [5, 5.41) is 2.73. The summed E-state index contributed by atoms with van der Waals surface area (Å²) in [5.41, 5.74) is 1.30. The van der Waals surface area contributed by atoms with Crippen LogP contribution in [-0.2, 0) is 25.9 Å². The minimum absolute atomic E-state index is 0.0529. The number of nitrogens with one attached hydrogen (secondary N) is 2. The zero-order valence-electron chi connectivity index (χ0n) is 20.3. The fourth-order valence-corrected chi connectivity index (χ4v) is 4.80. The highest BCUT2D eigenvalue weighted by atomic mass is 32.2. The molecule has 35 heavy (non-hydrogen) atoms. The fraction of sp³-hybridized carbons (Fsp3) is 0.360. The minimum atomic E-state index is -3.94. The average Bonchev–Trinajstić information content (AvgIpc) is 2.87. The quantitative estimate of drug-likeness (QED) is 0.390. The van der Waals surface area contributed by atoms with E-state index in [1.807, 2.05) is 32.9 Å². The van der Waals surface area contributed by atoms with E-state index in [1.165, 1.54) is 35.7 Å². The Bertz CT molecular complexity index is 1330. The largest absolute Gasteiger partial charge is 0.360 e. The molecule has 188 valence electrons. The summed E-state index contributed by atoms with van der Waals surface area (Å²) in [7, 11) is -2.48. The molecule has 3 rings (SSSR count). The van der Waals surface area contributed by atoms with Gasteiger partial charge in [0.25, 0.3) is 15.9 Å². The molecule has 0 aliphatic carbocycles. The molecule has 0 fully saturated rings. The number of hydrogen-bond donors (Lipinski definition) is 2. The molecule has 0 atom stereocenters. The van der Waals surface area contributed by atoms with Crippen LogP contribution >= 0.6 is 0 Å². The highest BCUT2D eigenvalue weighted by Gasteiger charge is 2.23. The summed E-state index contributed by atoms with van der Waals surface area (Å²) in [5.74, 6) is -0.612. The number of sulfonamides is 1. The smallest absolute Gasteiger partial charge is 0.264 e. The number of amides is 1. The number of nitrogens with zero attached hydrogens (tertiary/aromatic N) is 1. The molecule has 1 aromatic heterocycles. The lowest BCUT2D eigenvalue weighted by molar-refractivity contribution is -0.131. The Labute approximate surface area is 205 Å². The first-order valence-electron chi connectivity index (χ1n) is 11.5. The molecular weight excluding hydrogens is 470 g/mol. The maximum Gasteiger partial charge on any atom is 0.264 e. The van der Waals surface area contributed by atoms with Crippen LogP contribution in [-0.4, -0.2) is 52.4 Å². The second-order valence-corrected chi connectivity index (χ2v) is 9.75. The van der Waals surface area contributed by atoms with E-state index in [2.05, 4.69) is 10.3 Å². The number of benzene rings is 2. The summed E-state index contributed by atoms with van der Waals surface area (Å²) >= 11 is 0. The van der Waals surface area contributed by atoms with Crippen molar-refractivity contribution in [1.82, 2.24) is 10.3 Å². The van der Waals surface area contributed by atoms with Gasteiger partial charge in [-0.15, -0.1) is 0 Å². The summed E-state index contributed by atoms with van der Waals surface area (Å²) in [6.45, 7) is 6.52. The highest BCUT2D eigenvalue weighted by Crippen LogP contribution is 2.24. The number of ether oxygens (including phenoxy) is 2. The van der Waals surface area contributed by atoms with E-state index in [4.69, 9.17) is 9.47 Å². The van der Waals surface area contributed by atoms with Crippen molar-refractivity contribution in [3.05, 3.63) is 70.0 Å². The van der Waals surface area contributed by atoms with E-state index in [9.17, 15) is 18.0 Å². The van der Waals surface area contributed by atoms with Crippen LogP contribution in [0.2, 0.25) is 0 Å². The van der Waals surface area contributed by atoms with Crippen molar-refractivity contribution >= 4 is 32.5 Å². The zero-order valence-corrected chi connectivity index (χ0v) is 21.1. The molecule has 0 radical (unpaired) electrons. The number of fused-ring (bicyclic) bond motifs is 1. The molecule has 9 nitrogen and oxygen atoms in total. The number of H-pyrrole nitrogens is 1. The topological polar surface area (TPSA) is 118 Å². The van der Waals surface area contributed by atoms with Crippen molar-refractivity contribution < 1.29 is 22.7 Å². The fourth-order valence-electron chi connectivity index (χ4n) is 3.57. The van der Waals surface area contributed by atoms with Crippen LogP contribution in [0.15, 0.2) is 58.4 Å². The van der Waals surface area contributed by atoms with Gasteiger partial charge in [-0.2, -0.15) is 0 Å². The maximum absolute atomic E-state index is 13.3. The number of pyridine rings is 1. The van der Waals surface area contributed by atoms with Crippen molar-refractivity contribution in [2.24, 2.45) is 0 Å². The van der Waals surface area contributed by atoms with Gasteiger partial charge in [-0.1, -0.05) is 19.1 Å². The molecule has 3 aromatic rings. The Hall–Kier alpha value is -3.21. The zero-order chi connectivity index (χ0) is 25.6. The Morgan fingerprint density at radius 1 is 1.06 bits per heavy atom. The number of aromatic nitrogens is 1. The Kier molecular flexibility index (Phi) is 8.66. The van der Waals surface area contributed by atoms with Crippen LogP contribution in [0, 0.1) is 0 Å². The Morgan fingerprint density at radius 2 is 1.71 bits per heavy atom. The van der Waals surface area contributed by atoms with E-state index in [-0.39, 0.29) is 22.4 Å². The van der Waals surface area contributed by atoms with Crippen LogP contribution in [0.3, 0.4) is 0 Å². The number of carbonyl (C=O) groups excluding carboxylic acids is 1. The number of anilines is 1. The summed E-state index contributed by atoms with van der Waals surface area (Å²) in [4.78, 5) is 28.6. The van der Waals surface area contributed by atoms with Crippen LogP contribution < -0.4 is 15.1 Å². The van der Waals surface area contributed by atoms with E-state index < -0.39 is 27.6 Å². The number of carbonyl (C=O) groups is 1. The van der Waals surface area contributed by atoms with E-state index >= 15 is 0 Å². The van der Waals surface area contributed by atoms with Crippen molar-refractivity contribution in [2.75, 3.05) is 31.1 Å². The van der Waals surface area contributed by atoms with Gasteiger partial charge in [-0.05, 0) is 56.2 Å². The molecule has 0 unspecified atom stereocenters. The standard InChI is InChI=1S/C25H31N3O6S/c1-5-17-8-10-18(11-9-17)28(4)35(31,32)19-12-13-22-20(14-19)24(29)21(15-26-22)25(30)27-16-23(33-6-2)34-7-3/h8-15,23H,5-7,16H2,1-4H3,(H,26,29)(H,27,30). The van der Waals surface area contributed by atoms with Gasteiger partial charge in [0.1, 0.15) is 5.56 Å². The van der Waals surface area contributed by atoms with Gasteiger partial charge in [0.05, 0.1) is 17.1 Å². The third kappa shape index (κ3) is 5.90. The third-order valence-electron chi connectivity index (χ3n) is 5.60. The normalized spacial score (nSPS) is 11.7. The second-order valence-electron chi connectivity index (χ2n) is 7.78. The first kappa shape index (κ1) is 26.4. The lowest BCUT2D eigenvalue weighted by atomic mass is 10.1. The first-order valence-corrected chi connectivity index (χ1v) is 12.9. The van der Waals surface area contributed by atoms with Crippen LogP contribution in [0.1, 0.15) is 36.7 Å². The van der Waals surface area contributed by atoms with Gasteiger partial charge in [0.15, 0.2) is 6.29 Å². The summed E-state index contributed by atoms with van der Waals surface area (Å²) < 4.78 is 38.5. The van der Waals surface area contributed by atoms with Crippen molar-refractivity contribution in [1.29, 1.82) is 0 Å².